The molecule has 126 valence electrons. The number of aryl methyl sites for hydroxylation is 2. The lowest BCUT2D eigenvalue weighted by Crippen LogP contribution is -2.51. The molecule has 1 amide bonds. The summed E-state index contributed by atoms with van der Waals surface area (Å²) in [4.78, 5) is 28.8. The Labute approximate surface area is 142 Å². The zero-order valence-electron chi connectivity index (χ0n) is 14.5. The van der Waals surface area contributed by atoms with Gasteiger partial charge in [0.05, 0.1) is 5.69 Å². The van der Waals surface area contributed by atoms with Gasteiger partial charge >= 0.3 is 0 Å². The number of benzene rings is 1. The minimum Gasteiger partial charge on any atom is -0.368 e. The van der Waals surface area contributed by atoms with Gasteiger partial charge in [0.25, 0.3) is 11.7 Å². The highest BCUT2D eigenvalue weighted by Gasteiger charge is 2.28. The summed E-state index contributed by atoms with van der Waals surface area (Å²) in [6.45, 7) is 6.87. The second-order valence-electron chi connectivity index (χ2n) is 6.33. The molecule has 1 fully saturated rings. The zero-order chi connectivity index (χ0) is 17.3. The first kappa shape index (κ1) is 16.3. The molecule has 0 saturated carbocycles. The fourth-order valence-corrected chi connectivity index (χ4v) is 3.18. The van der Waals surface area contributed by atoms with Crippen molar-refractivity contribution in [2.45, 2.75) is 13.8 Å². The van der Waals surface area contributed by atoms with Crippen molar-refractivity contribution in [3.8, 4) is 0 Å². The summed E-state index contributed by atoms with van der Waals surface area (Å²) in [5.74, 6) is -0.833. The number of amides is 1. The predicted molar refractivity (Wildman–Crippen MR) is 94.5 cm³/mol. The van der Waals surface area contributed by atoms with Gasteiger partial charge in [-0.2, -0.15) is 0 Å². The van der Waals surface area contributed by atoms with Crippen molar-refractivity contribution in [3.05, 3.63) is 53.3 Å². The fourth-order valence-electron chi connectivity index (χ4n) is 3.18. The average molecular weight is 325 g/mol. The van der Waals surface area contributed by atoms with Gasteiger partial charge in [-0.1, -0.05) is 12.1 Å². The molecule has 5 heteroatoms. The average Bonchev–Trinajstić information content (AvgIpc) is 3.02. The van der Waals surface area contributed by atoms with Crippen LogP contribution in [-0.4, -0.2) is 47.3 Å². The highest BCUT2D eigenvalue weighted by atomic mass is 16.2. The van der Waals surface area contributed by atoms with Crippen molar-refractivity contribution in [3.63, 3.8) is 0 Å². The summed E-state index contributed by atoms with van der Waals surface area (Å²) >= 11 is 0. The Morgan fingerprint density at radius 3 is 2.29 bits per heavy atom. The summed E-state index contributed by atoms with van der Waals surface area (Å²) in [7, 11) is 1.78. The Bertz CT molecular complexity index is 771. The maximum atomic E-state index is 12.5. The third-order valence-corrected chi connectivity index (χ3v) is 4.85. The molecule has 0 spiro atoms. The van der Waals surface area contributed by atoms with Crippen molar-refractivity contribution in [1.29, 1.82) is 0 Å². The highest BCUT2D eigenvalue weighted by molar-refractivity contribution is 6.42. The molecular weight excluding hydrogens is 302 g/mol. The number of piperazine rings is 1. The molecule has 24 heavy (non-hydrogen) atoms. The SMILES string of the molecule is Cc1cccc(N2CCN(C(=O)C(=O)c3cccn3C)CC2)c1C. The minimum atomic E-state index is -0.428. The van der Waals surface area contributed by atoms with Crippen LogP contribution in [0.15, 0.2) is 36.5 Å². The number of carbonyl (C=O) groups is 2. The van der Waals surface area contributed by atoms with Crippen LogP contribution < -0.4 is 4.90 Å². The molecule has 0 aliphatic carbocycles. The van der Waals surface area contributed by atoms with Crippen molar-refractivity contribution in [1.82, 2.24) is 9.47 Å². The zero-order valence-corrected chi connectivity index (χ0v) is 14.5. The van der Waals surface area contributed by atoms with Crippen LogP contribution in [0.1, 0.15) is 21.6 Å². The maximum Gasteiger partial charge on any atom is 0.296 e. The van der Waals surface area contributed by atoms with Crippen LogP contribution in [0.2, 0.25) is 0 Å². The first-order chi connectivity index (χ1) is 11.5. The van der Waals surface area contributed by atoms with Crippen LogP contribution in [0.3, 0.4) is 0 Å². The Hall–Kier alpha value is -2.56. The summed E-state index contributed by atoms with van der Waals surface area (Å²) in [6.07, 6.45) is 1.78. The molecule has 1 aromatic heterocycles. The van der Waals surface area contributed by atoms with Crippen molar-refractivity contribution in [2.24, 2.45) is 7.05 Å². The van der Waals surface area contributed by atoms with Gasteiger partial charge in [-0.05, 0) is 43.2 Å². The van der Waals surface area contributed by atoms with Crippen molar-refractivity contribution >= 4 is 17.4 Å². The molecule has 0 radical (unpaired) electrons. The van der Waals surface area contributed by atoms with Gasteiger partial charge < -0.3 is 14.4 Å². The van der Waals surface area contributed by atoms with E-state index >= 15 is 0 Å². The van der Waals surface area contributed by atoms with Gasteiger partial charge in [0.1, 0.15) is 0 Å². The molecule has 0 bridgehead atoms. The molecule has 1 saturated heterocycles. The molecule has 1 aliphatic rings. The molecule has 5 nitrogen and oxygen atoms in total. The van der Waals surface area contributed by atoms with Gasteiger partial charge in [-0.25, -0.2) is 0 Å². The second kappa shape index (κ2) is 6.51. The quantitative estimate of drug-likeness (QED) is 0.642. The van der Waals surface area contributed by atoms with E-state index in [1.54, 1.807) is 34.8 Å². The van der Waals surface area contributed by atoms with Crippen LogP contribution in [0.25, 0.3) is 0 Å². The van der Waals surface area contributed by atoms with E-state index in [1.165, 1.54) is 16.8 Å². The number of hydrogen-bond donors (Lipinski definition) is 0. The Balaban J connectivity index is 1.67. The van der Waals surface area contributed by atoms with Crippen LogP contribution in [-0.2, 0) is 11.8 Å². The number of rotatable bonds is 3. The minimum absolute atomic E-state index is 0.405. The van der Waals surface area contributed by atoms with E-state index in [2.05, 4.69) is 36.9 Å². The topological polar surface area (TPSA) is 45.6 Å². The number of hydrogen-bond acceptors (Lipinski definition) is 3. The number of Topliss-reactive ketones (excluding diaryl/α,β-unsaturated/α-hetero) is 1. The molecule has 2 heterocycles. The van der Waals surface area contributed by atoms with Crippen LogP contribution in [0.4, 0.5) is 5.69 Å². The van der Waals surface area contributed by atoms with E-state index < -0.39 is 11.7 Å². The first-order valence-electron chi connectivity index (χ1n) is 8.25. The standard InChI is InChI=1S/C19H23N3O2/c1-14-6-4-7-16(15(14)2)21-10-12-22(13-11-21)19(24)18(23)17-8-5-9-20(17)3/h4-9H,10-13H2,1-3H3. The first-order valence-corrected chi connectivity index (χ1v) is 8.25. The third-order valence-electron chi connectivity index (χ3n) is 4.85. The lowest BCUT2D eigenvalue weighted by atomic mass is 10.1. The molecule has 0 N–H and O–H groups in total. The third kappa shape index (κ3) is 2.94. The molecule has 1 aromatic carbocycles. The fraction of sp³-hybridized carbons (Fsp3) is 0.368. The molecule has 0 atom stereocenters. The smallest absolute Gasteiger partial charge is 0.296 e. The normalized spacial score (nSPS) is 14.8. The molecule has 0 unspecified atom stereocenters. The van der Waals surface area contributed by atoms with Crippen LogP contribution >= 0.6 is 0 Å². The van der Waals surface area contributed by atoms with Gasteiger partial charge in [0, 0.05) is 45.1 Å². The Morgan fingerprint density at radius 2 is 1.67 bits per heavy atom. The highest BCUT2D eigenvalue weighted by Crippen LogP contribution is 2.24. The number of aromatic nitrogens is 1. The number of anilines is 1. The summed E-state index contributed by atoms with van der Waals surface area (Å²) < 4.78 is 1.69. The largest absolute Gasteiger partial charge is 0.368 e. The van der Waals surface area contributed by atoms with E-state index in [4.69, 9.17) is 0 Å². The predicted octanol–water partition coefficient (Wildman–Crippen LogP) is 2.17. The number of ketones is 1. The van der Waals surface area contributed by atoms with Crippen LogP contribution in [0.5, 0.6) is 0 Å². The van der Waals surface area contributed by atoms with E-state index in [0.717, 1.165) is 13.1 Å². The Kier molecular flexibility index (Phi) is 4.42. The van der Waals surface area contributed by atoms with E-state index in [1.807, 2.05) is 0 Å². The molecule has 2 aromatic rings. The maximum absolute atomic E-state index is 12.5. The Morgan fingerprint density at radius 1 is 0.958 bits per heavy atom. The van der Waals surface area contributed by atoms with Crippen LogP contribution in [0, 0.1) is 13.8 Å². The van der Waals surface area contributed by atoms with E-state index in [-0.39, 0.29) is 0 Å². The van der Waals surface area contributed by atoms with E-state index in [0.29, 0.717) is 18.8 Å². The summed E-state index contributed by atoms with van der Waals surface area (Å²) in [5, 5.41) is 0. The molecular formula is C19H23N3O2. The van der Waals surface area contributed by atoms with Gasteiger partial charge in [0.15, 0.2) is 0 Å². The van der Waals surface area contributed by atoms with Gasteiger partial charge in [0.2, 0.25) is 0 Å². The van der Waals surface area contributed by atoms with Crippen molar-refractivity contribution < 1.29 is 9.59 Å². The van der Waals surface area contributed by atoms with Gasteiger partial charge in [-0.15, -0.1) is 0 Å². The summed E-state index contributed by atoms with van der Waals surface area (Å²) in [6, 6.07) is 9.76. The van der Waals surface area contributed by atoms with Crippen molar-refractivity contribution in [2.75, 3.05) is 31.1 Å². The number of carbonyl (C=O) groups excluding carboxylic acids is 2. The van der Waals surface area contributed by atoms with Gasteiger partial charge in [-0.3, -0.25) is 9.59 Å². The summed E-state index contributed by atoms with van der Waals surface area (Å²) in [5.41, 5.74) is 4.20. The number of nitrogens with zero attached hydrogens (tertiary/aromatic N) is 3. The monoisotopic (exact) mass is 325 g/mol. The lowest BCUT2D eigenvalue weighted by Gasteiger charge is -2.36. The second-order valence-corrected chi connectivity index (χ2v) is 6.33. The van der Waals surface area contributed by atoms with E-state index in [9.17, 15) is 9.59 Å². The lowest BCUT2D eigenvalue weighted by molar-refractivity contribution is -0.126. The molecule has 1 aliphatic heterocycles. The molecule has 3 rings (SSSR count).